The van der Waals surface area contributed by atoms with Crippen LogP contribution in [0.5, 0.6) is 0 Å². The second kappa shape index (κ2) is 5.31. The van der Waals surface area contributed by atoms with Gasteiger partial charge in [0, 0.05) is 13.1 Å². The Balaban J connectivity index is 1.97. The van der Waals surface area contributed by atoms with Crippen molar-refractivity contribution in [2.24, 2.45) is 7.05 Å². The van der Waals surface area contributed by atoms with Crippen LogP contribution in [0, 0.1) is 13.8 Å². The first-order valence-electron chi connectivity index (χ1n) is 6.40. The highest BCUT2D eigenvalue weighted by atomic mass is 79.9. The zero-order valence-electron chi connectivity index (χ0n) is 11.9. The van der Waals surface area contributed by atoms with Crippen LogP contribution in [0.25, 0.3) is 5.65 Å². The summed E-state index contributed by atoms with van der Waals surface area (Å²) in [6.45, 7) is 4.52. The molecule has 1 N–H and O–H groups in total. The normalized spacial score (nSPS) is 11.3. The summed E-state index contributed by atoms with van der Waals surface area (Å²) in [7, 11) is 1.92. The molecule has 3 heterocycles. The molecule has 0 atom stereocenters. The summed E-state index contributed by atoms with van der Waals surface area (Å²) in [6, 6.07) is 3.80. The third-order valence-corrected chi connectivity index (χ3v) is 4.33. The second-order valence-electron chi connectivity index (χ2n) is 4.85. The van der Waals surface area contributed by atoms with Crippen LogP contribution in [-0.2, 0) is 13.6 Å². The van der Waals surface area contributed by atoms with Gasteiger partial charge in [0.25, 0.3) is 0 Å². The van der Waals surface area contributed by atoms with Gasteiger partial charge in [0.05, 0.1) is 28.1 Å². The molecule has 0 unspecified atom stereocenters. The van der Waals surface area contributed by atoms with E-state index in [2.05, 4.69) is 36.4 Å². The molecular weight excluding hydrogens is 356 g/mol. The van der Waals surface area contributed by atoms with Crippen LogP contribution in [0.2, 0.25) is 5.15 Å². The van der Waals surface area contributed by atoms with Crippen molar-refractivity contribution in [1.29, 1.82) is 0 Å². The Labute approximate surface area is 135 Å². The summed E-state index contributed by atoms with van der Waals surface area (Å²) in [5, 5.41) is 12.5. The van der Waals surface area contributed by atoms with E-state index in [1.807, 2.05) is 31.6 Å². The van der Waals surface area contributed by atoms with E-state index in [-0.39, 0.29) is 0 Å². The van der Waals surface area contributed by atoms with Crippen LogP contribution in [0.4, 0.5) is 5.82 Å². The molecule has 110 valence electrons. The molecule has 8 heteroatoms. The average Bonchev–Trinajstić information content (AvgIpc) is 2.88. The number of rotatable bonds is 3. The predicted octanol–water partition coefficient (Wildman–Crippen LogP) is 3.11. The van der Waals surface area contributed by atoms with E-state index in [9.17, 15) is 0 Å². The van der Waals surface area contributed by atoms with Crippen LogP contribution in [-0.4, -0.2) is 24.4 Å². The molecule has 21 heavy (non-hydrogen) atoms. The van der Waals surface area contributed by atoms with Gasteiger partial charge >= 0.3 is 0 Å². The SMILES string of the molecule is Cc1cc(CNc2cc(Cl)nc3c(Br)c(C)nn23)n(C)n1. The van der Waals surface area contributed by atoms with Crippen molar-refractivity contribution in [3.63, 3.8) is 0 Å². The maximum atomic E-state index is 6.09. The lowest BCUT2D eigenvalue weighted by Crippen LogP contribution is -2.09. The van der Waals surface area contributed by atoms with Crippen LogP contribution >= 0.6 is 27.5 Å². The Morgan fingerprint density at radius 2 is 2.05 bits per heavy atom. The first-order chi connectivity index (χ1) is 9.95. The van der Waals surface area contributed by atoms with E-state index >= 15 is 0 Å². The molecule has 0 aliphatic carbocycles. The maximum Gasteiger partial charge on any atom is 0.173 e. The van der Waals surface area contributed by atoms with Crippen molar-refractivity contribution in [3.05, 3.63) is 38.8 Å². The summed E-state index contributed by atoms with van der Waals surface area (Å²) >= 11 is 9.58. The van der Waals surface area contributed by atoms with Gasteiger partial charge in [0.1, 0.15) is 11.0 Å². The Hall–Kier alpha value is -1.60. The van der Waals surface area contributed by atoms with Gasteiger partial charge in [-0.2, -0.15) is 14.7 Å². The van der Waals surface area contributed by atoms with Crippen molar-refractivity contribution in [2.45, 2.75) is 20.4 Å². The van der Waals surface area contributed by atoms with E-state index in [1.165, 1.54) is 0 Å². The molecule has 0 radical (unpaired) electrons. The van der Waals surface area contributed by atoms with Crippen LogP contribution in [0.1, 0.15) is 17.1 Å². The fraction of sp³-hybridized carbons (Fsp3) is 0.308. The number of halogens is 2. The molecule has 0 spiro atoms. The molecular formula is C13H14BrClN6. The Bertz CT molecular complexity index is 822. The topological polar surface area (TPSA) is 60.0 Å². The Morgan fingerprint density at radius 1 is 1.29 bits per heavy atom. The minimum atomic E-state index is 0.423. The predicted molar refractivity (Wildman–Crippen MR) is 85.7 cm³/mol. The second-order valence-corrected chi connectivity index (χ2v) is 6.03. The molecule has 0 fully saturated rings. The van der Waals surface area contributed by atoms with E-state index in [4.69, 9.17) is 11.6 Å². The molecule has 0 saturated carbocycles. The minimum Gasteiger partial charge on any atom is -0.364 e. The van der Waals surface area contributed by atoms with Crippen LogP contribution in [0.3, 0.4) is 0 Å². The number of anilines is 1. The number of hydrogen-bond acceptors (Lipinski definition) is 4. The fourth-order valence-electron chi connectivity index (χ4n) is 2.20. The zero-order chi connectivity index (χ0) is 15.1. The van der Waals surface area contributed by atoms with E-state index < -0.39 is 0 Å². The minimum absolute atomic E-state index is 0.423. The van der Waals surface area contributed by atoms with Crippen molar-refractivity contribution < 1.29 is 0 Å². The van der Waals surface area contributed by atoms with Gasteiger partial charge in [-0.3, -0.25) is 4.68 Å². The van der Waals surface area contributed by atoms with E-state index in [0.717, 1.165) is 27.4 Å². The number of aryl methyl sites for hydroxylation is 3. The number of fused-ring (bicyclic) bond motifs is 1. The van der Waals surface area contributed by atoms with Gasteiger partial charge < -0.3 is 5.32 Å². The molecule has 3 aromatic heterocycles. The highest BCUT2D eigenvalue weighted by molar-refractivity contribution is 9.10. The lowest BCUT2D eigenvalue weighted by Gasteiger charge is -2.09. The summed E-state index contributed by atoms with van der Waals surface area (Å²) < 4.78 is 4.45. The lowest BCUT2D eigenvalue weighted by atomic mass is 10.3. The molecule has 0 aromatic carbocycles. The fourth-order valence-corrected chi connectivity index (χ4v) is 2.72. The number of nitrogens with zero attached hydrogens (tertiary/aromatic N) is 5. The molecule has 3 aromatic rings. The number of hydrogen-bond donors (Lipinski definition) is 1. The number of aromatic nitrogens is 5. The van der Waals surface area contributed by atoms with Gasteiger partial charge in [0.15, 0.2) is 5.65 Å². The summed E-state index contributed by atoms with van der Waals surface area (Å²) in [5.41, 5.74) is 3.63. The molecule has 0 bridgehead atoms. The molecule has 6 nitrogen and oxygen atoms in total. The molecule has 3 rings (SSSR count). The first-order valence-corrected chi connectivity index (χ1v) is 7.57. The highest BCUT2D eigenvalue weighted by Gasteiger charge is 2.13. The Morgan fingerprint density at radius 3 is 2.71 bits per heavy atom. The van der Waals surface area contributed by atoms with Gasteiger partial charge in [-0.15, -0.1) is 0 Å². The number of nitrogens with one attached hydrogen (secondary N) is 1. The monoisotopic (exact) mass is 368 g/mol. The van der Waals surface area contributed by atoms with Crippen molar-refractivity contribution >= 4 is 39.0 Å². The summed E-state index contributed by atoms with van der Waals surface area (Å²) in [4.78, 5) is 4.29. The Kier molecular flexibility index (Phi) is 3.62. The van der Waals surface area contributed by atoms with E-state index in [0.29, 0.717) is 17.3 Å². The van der Waals surface area contributed by atoms with Crippen LogP contribution < -0.4 is 5.32 Å². The maximum absolute atomic E-state index is 6.09. The van der Waals surface area contributed by atoms with Gasteiger partial charge in [-0.1, -0.05) is 11.6 Å². The molecule has 0 aliphatic heterocycles. The van der Waals surface area contributed by atoms with Crippen molar-refractivity contribution in [1.82, 2.24) is 24.4 Å². The van der Waals surface area contributed by atoms with Gasteiger partial charge in [-0.05, 0) is 35.8 Å². The smallest absolute Gasteiger partial charge is 0.173 e. The summed E-state index contributed by atoms with van der Waals surface area (Å²) in [6.07, 6.45) is 0. The third-order valence-electron chi connectivity index (χ3n) is 3.21. The lowest BCUT2D eigenvalue weighted by molar-refractivity contribution is 0.711. The van der Waals surface area contributed by atoms with Gasteiger partial charge in [-0.25, -0.2) is 4.98 Å². The van der Waals surface area contributed by atoms with E-state index in [1.54, 1.807) is 10.6 Å². The highest BCUT2D eigenvalue weighted by Crippen LogP contribution is 2.25. The average molecular weight is 370 g/mol. The molecule has 0 amide bonds. The largest absolute Gasteiger partial charge is 0.364 e. The zero-order valence-corrected chi connectivity index (χ0v) is 14.2. The standard InChI is InChI=1S/C13H14BrClN6/c1-7-4-9(20(3)18-7)6-16-11-5-10(15)17-13-12(14)8(2)19-21(11)13/h4-5,16H,6H2,1-3H3. The molecule has 0 saturated heterocycles. The first kappa shape index (κ1) is 14.3. The van der Waals surface area contributed by atoms with Crippen molar-refractivity contribution in [3.8, 4) is 0 Å². The summed E-state index contributed by atoms with van der Waals surface area (Å²) in [5.74, 6) is 0.789. The van der Waals surface area contributed by atoms with Gasteiger partial charge in [0.2, 0.25) is 0 Å². The van der Waals surface area contributed by atoms with Crippen LogP contribution in [0.15, 0.2) is 16.6 Å². The molecule has 0 aliphatic rings. The van der Waals surface area contributed by atoms with Crippen molar-refractivity contribution in [2.75, 3.05) is 5.32 Å². The third kappa shape index (κ3) is 2.63. The quantitative estimate of drug-likeness (QED) is 0.721.